The molecule has 4 heteroatoms. The lowest BCUT2D eigenvalue weighted by Gasteiger charge is -2.08. The molecule has 0 fully saturated rings. The fourth-order valence-electron chi connectivity index (χ4n) is 1.25. The van der Waals surface area contributed by atoms with Crippen molar-refractivity contribution in [3.8, 4) is 0 Å². The Labute approximate surface area is 92.8 Å². The van der Waals surface area contributed by atoms with E-state index in [4.69, 9.17) is 17.3 Å². The Morgan fingerprint density at radius 2 is 2.29 bits per heavy atom. The molecular formula is C10H12ClNOS. The number of rotatable bonds is 4. The second kappa shape index (κ2) is 5.27. The van der Waals surface area contributed by atoms with Crippen LogP contribution < -0.4 is 5.73 Å². The summed E-state index contributed by atoms with van der Waals surface area (Å²) in [5.41, 5.74) is 7.46. The number of nitrogen functional groups attached to an aromatic ring is 1. The Morgan fingerprint density at radius 1 is 1.57 bits per heavy atom. The zero-order chi connectivity index (χ0) is 10.6. The lowest BCUT2D eigenvalue weighted by atomic mass is 10.1. The number of anilines is 1. The van der Waals surface area contributed by atoms with Crippen LogP contribution in [0.4, 0.5) is 5.69 Å². The Morgan fingerprint density at radius 3 is 2.86 bits per heavy atom. The molecule has 0 aliphatic heterocycles. The van der Waals surface area contributed by atoms with Crippen molar-refractivity contribution in [2.45, 2.75) is 11.3 Å². The number of ketones is 1. The third kappa shape index (κ3) is 2.66. The number of benzene rings is 1. The number of thioether (sulfide) groups is 1. The summed E-state index contributed by atoms with van der Waals surface area (Å²) in [5, 5.41) is 0. The number of Topliss-reactive ketones (excluding diaryl/α,β-unsaturated/α-hetero) is 1. The molecule has 2 nitrogen and oxygen atoms in total. The molecule has 14 heavy (non-hydrogen) atoms. The van der Waals surface area contributed by atoms with Crippen LogP contribution in [0.1, 0.15) is 5.56 Å². The van der Waals surface area contributed by atoms with E-state index in [0.29, 0.717) is 6.42 Å². The van der Waals surface area contributed by atoms with Gasteiger partial charge in [-0.05, 0) is 17.9 Å². The molecule has 1 rings (SSSR count). The van der Waals surface area contributed by atoms with Gasteiger partial charge in [-0.15, -0.1) is 23.4 Å². The maximum atomic E-state index is 11.2. The van der Waals surface area contributed by atoms with Crippen molar-refractivity contribution < 1.29 is 4.79 Å². The van der Waals surface area contributed by atoms with E-state index in [-0.39, 0.29) is 11.7 Å². The summed E-state index contributed by atoms with van der Waals surface area (Å²) in [6.07, 6.45) is 2.31. The van der Waals surface area contributed by atoms with Crippen molar-refractivity contribution in [2.24, 2.45) is 0 Å². The molecule has 0 atom stereocenters. The Bertz CT molecular complexity index is 341. The minimum atomic E-state index is 0.0209. The van der Waals surface area contributed by atoms with E-state index in [1.807, 2.05) is 24.5 Å². The topological polar surface area (TPSA) is 43.1 Å². The normalized spacial score (nSPS) is 10.1. The van der Waals surface area contributed by atoms with Crippen LogP contribution in [0, 0.1) is 0 Å². The average Bonchev–Trinajstić information content (AvgIpc) is 2.18. The molecule has 0 aliphatic rings. The van der Waals surface area contributed by atoms with Crippen molar-refractivity contribution >= 4 is 34.8 Å². The highest BCUT2D eigenvalue weighted by molar-refractivity contribution is 7.98. The molecule has 0 aromatic heterocycles. The number of hydrogen-bond donors (Lipinski definition) is 1. The van der Waals surface area contributed by atoms with Gasteiger partial charge in [0, 0.05) is 17.0 Å². The van der Waals surface area contributed by atoms with Crippen LogP contribution >= 0.6 is 23.4 Å². The van der Waals surface area contributed by atoms with E-state index in [1.165, 1.54) is 0 Å². The number of nitrogens with two attached hydrogens (primary N) is 1. The molecule has 2 N–H and O–H groups in total. The van der Waals surface area contributed by atoms with Crippen molar-refractivity contribution in [3.05, 3.63) is 23.8 Å². The lowest BCUT2D eigenvalue weighted by molar-refractivity contribution is -0.116. The fourth-order valence-corrected chi connectivity index (χ4v) is 2.05. The quantitative estimate of drug-likeness (QED) is 0.490. The van der Waals surface area contributed by atoms with Gasteiger partial charge in [0.15, 0.2) is 5.78 Å². The number of halogens is 1. The molecular weight excluding hydrogens is 218 g/mol. The molecule has 0 saturated carbocycles. The zero-order valence-electron chi connectivity index (χ0n) is 7.92. The maximum absolute atomic E-state index is 11.2. The van der Waals surface area contributed by atoms with Gasteiger partial charge >= 0.3 is 0 Å². The first kappa shape index (κ1) is 11.4. The minimum absolute atomic E-state index is 0.0209. The fraction of sp³-hybridized carbons (Fsp3) is 0.300. The van der Waals surface area contributed by atoms with Crippen molar-refractivity contribution in [1.82, 2.24) is 0 Å². The molecule has 0 heterocycles. The molecule has 76 valence electrons. The first-order valence-electron chi connectivity index (χ1n) is 4.18. The van der Waals surface area contributed by atoms with Crippen LogP contribution in [-0.4, -0.2) is 17.9 Å². The largest absolute Gasteiger partial charge is 0.398 e. The summed E-state index contributed by atoms with van der Waals surface area (Å²) >= 11 is 7.00. The zero-order valence-corrected chi connectivity index (χ0v) is 9.49. The summed E-state index contributed by atoms with van der Waals surface area (Å²) in [4.78, 5) is 12.2. The summed E-state index contributed by atoms with van der Waals surface area (Å²) in [6.45, 7) is 0. The van der Waals surface area contributed by atoms with Gasteiger partial charge in [0.25, 0.3) is 0 Å². The molecule has 1 aromatic rings. The number of carbonyl (C=O) groups is 1. The molecule has 0 unspecified atom stereocenters. The average molecular weight is 230 g/mol. The Kier molecular flexibility index (Phi) is 4.29. The van der Waals surface area contributed by atoms with Gasteiger partial charge in [-0.25, -0.2) is 0 Å². The number of carbonyl (C=O) groups excluding carboxylic acids is 1. The molecule has 1 aromatic carbocycles. The van der Waals surface area contributed by atoms with Crippen LogP contribution in [0.15, 0.2) is 23.1 Å². The molecule has 0 saturated heterocycles. The lowest BCUT2D eigenvalue weighted by Crippen LogP contribution is -2.05. The molecule has 0 bridgehead atoms. The molecule has 0 spiro atoms. The van der Waals surface area contributed by atoms with Crippen LogP contribution in [0.2, 0.25) is 0 Å². The summed E-state index contributed by atoms with van der Waals surface area (Å²) in [6, 6.07) is 5.60. The standard InChI is InChI=1S/C10H12ClNOS/c1-14-10-7(5-8(13)6-11)3-2-4-9(10)12/h2-4H,5-6,12H2,1H3. The smallest absolute Gasteiger partial charge is 0.151 e. The van der Waals surface area contributed by atoms with Crippen LogP contribution in [0.5, 0.6) is 0 Å². The van der Waals surface area contributed by atoms with Crippen molar-refractivity contribution in [1.29, 1.82) is 0 Å². The molecule has 0 radical (unpaired) electrons. The number of hydrogen-bond acceptors (Lipinski definition) is 3. The van der Waals surface area contributed by atoms with Crippen LogP contribution in [0.25, 0.3) is 0 Å². The van der Waals surface area contributed by atoms with E-state index >= 15 is 0 Å². The highest BCUT2D eigenvalue weighted by Crippen LogP contribution is 2.27. The van der Waals surface area contributed by atoms with Crippen molar-refractivity contribution in [2.75, 3.05) is 17.9 Å². The second-order valence-electron chi connectivity index (χ2n) is 2.89. The predicted octanol–water partition coefficient (Wildman–Crippen LogP) is 2.34. The van der Waals surface area contributed by atoms with E-state index in [1.54, 1.807) is 11.8 Å². The summed E-state index contributed by atoms with van der Waals surface area (Å²) in [7, 11) is 0. The third-order valence-corrected chi connectivity index (χ3v) is 3.07. The SMILES string of the molecule is CSc1c(N)cccc1CC(=O)CCl. The maximum Gasteiger partial charge on any atom is 0.151 e. The minimum Gasteiger partial charge on any atom is -0.398 e. The van der Waals surface area contributed by atoms with Gasteiger partial charge in [-0.1, -0.05) is 12.1 Å². The van der Waals surface area contributed by atoms with Crippen LogP contribution in [0.3, 0.4) is 0 Å². The van der Waals surface area contributed by atoms with E-state index in [2.05, 4.69) is 0 Å². The van der Waals surface area contributed by atoms with Gasteiger partial charge in [-0.3, -0.25) is 4.79 Å². The van der Waals surface area contributed by atoms with Gasteiger partial charge in [0.05, 0.1) is 5.88 Å². The molecule has 0 amide bonds. The van der Waals surface area contributed by atoms with Gasteiger partial charge in [0.2, 0.25) is 0 Å². The monoisotopic (exact) mass is 229 g/mol. The number of alkyl halides is 1. The highest BCUT2D eigenvalue weighted by atomic mass is 35.5. The first-order valence-corrected chi connectivity index (χ1v) is 5.94. The summed E-state index contributed by atoms with van der Waals surface area (Å²) < 4.78 is 0. The van der Waals surface area contributed by atoms with Crippen LogP contribution in [-0.2, 0) is 11.2 Å². The van der Waals surface area contributed by atoms with E-state index in [9.17, 15) is 4.79 Å². The van der Waals surface area contributed by atoms with Gasteiger partial charge < -0.3 is 5.73 Å². The van der Waals surface area contributed by atoms with E-state index < -0.39 is 0 Å². The van der Waals surface area contributed by atoms with Gasteiger partial charge in [-0.2, -0.15) is 0 Å². The van der Waals surface area contributed by atoms with Gasteiger partial charge in [0.1, 0.15) is 0 Å². The van der Waals surface area contributed by atoms with E-state index in [0.717, 1.165) is 16.1 Å². The summed E-state index contributed by atoms with van der Waals surface area (Å²) in [5.74, 6) is 0.0790. The Hall–Kier alpha value is -0.670. The predicted molar refractivity (Wildman–Crippen MR) is 62.1 cm³/mol. The second-order valence-corrected chi connectivity index (χ2v) is 3.97. The van der Waals surface area contributed by atoms with Crippen molar-refractivity contribution in [3.63, 3.8) is 0 Å². The highest BCUT2D eigenvalue weighted by Gasteiger charge is 2.08. The molecule has 0 aliphatic carbocycles. The third-order valence-electron chi connectivity index (χ3n) is 1.87. The Balaban J connectivity index is 2.96. The first-order chi connectivity index (χ1) is 6.69.